The molecule has 3 heteroatoms. The van der Waals surface area contributed by atoms with Gasteiger partial charge in [0.15, 0.2) is 0 Å². The van der Waals surface area contributed by atoms with Gasteiger partial charge < -0.3 is 14.4 Å². The maximum Gasteiger partial charge on any atom is 0.0546 e. The van der Waals surface area contributed by atoms with Gasteiger partial charge in [0.1, 0.15) is 0 Å². The molecule has 0 aliphatic carbocycles. The lowest BCUT2D eigenvalue weighted by molar-refractivity contribution is 1.20. The molecule has 1 heterocycles. The molecule has 0 N–H and O–H groups in total. The van der Waals surface area contributed by atoms with Crippen LogP contribution in [0, 0.1) is 0 Å². The standard InChI is InChI=1S/C62H43N3/c1-5-17-44(18-6-1)46-29-33-51(34-30-46)63(49-22-9-3-10-23-49)53-37-39-60-58(42-53)59-43-54(64(50-24-11-4-12-25-50)52-35-31-47(32-36-52)45-19-7-2-8-20-45)38-40-61(59)65(60)62-41-48-21-13-14-26-55(48)56-27-15-16-28-57(56)62/h1-43H. The van der Waals surface area contributed by atoms with Crippen LogP contribution < -0.4 is 9.80 Å². The van der Waals surface area contributed by atoms with Gasteiger partial charge in [-0.25, -0.2) is 0 Å². The number of fused-ring (bicyclic) bond motifs is 6. The minimum Gasteiger partial charge on any atom is -0.310 e. The van der Waals surface area contributed by atoms with Crippen molar-refractivity contribution >= 4 is 77.5 Å². The maximum absolute atomic E-state index is 2.48. The highest BCUT2D eigenvalue weighted by Gasteiger charge is 2.21. The van der Waals surface area contributed by atoms with Crippen LogP contribution in [0.3, 0.4) is 0 Å². The second-order valence-corrected chi connectivity index (χ2v) is 16.6. The van der Waals surface area contributed by atoms with Crippen LogP contribution in [0.4, 0.5) is 34.1 Å². The van der Waals surface area contributed by atoms with E-state index >= 15 is 0 Å². The minimum atomic E-state index is 1.08. The molecule has 0 amide bonds. The van der Waals surface area contributed by atoms with Crippen molar-refractivity contribution in [1.29, 1.82) is 0 Å². The molecule has 1 aromatic heterocycles. The Hall–Kier alpha value is -8.66. The third-order valence-electron chi connectivity index (χ3n) is 12.7. The summed E-state index contributed by atoms with van der Waals surface area (Å²) < 4.78 is 2.48. The predicted octanol–water partition coefficient (Wildman–Crippen LogP) is 17.4. The summed E-state index contributed by atoms with van der Waals surface area (Å²) in [5.41, 5.74) is 14.8. The van der Waals surface area contributed by atoms with Crippen LogP contribution in [0.2, 0.25) is 0 Å². The van der Waals surface area contributed by atoms with Gasteiger partial charge in [0.25, 0.3) is 0 Å². The van der Waals surface area contributed by atoms with Gasteiger partial charge in [0, 0.05) is 50.3 Å². The number of aromatic nitrogens is 1. The van der Waals surface area contributed by atoms with Crippen molar-refractivity contribution in [2.75, 3.05) is 9.80 Å². The monoisotopic (exact) mass is 829 g/mol. The first-order valence-corrected chi connectivity index (χ1v) is 22.3. The van der Waals surface area contributed by atoms with Crippen LogP contribution in [0.25, 0.3) is 71.3 Å². The van der Waals surface area contributed by atoms with Crippen molar-refractivity contribution in [3.05, 3.63) is 261 Å². The molecule has 306 valence electrons. The Morgan fingerprint density at radius 2 is 0.585 bits per heavy atom. The normalized spacial score (nSPS) is 11.4. The van der Waals surface area contributed by atoms with Gasteiger partial charge in [-0.05, 0) is 129 Å². The number of hydrogen-bond donors (Lipinski definition) is 0. The summed E-state index contributed by atoms with van der Waals surface area (Å²) in [7, 11) is 0. The Kier molecular flexibility index (Phi) is 9.50. The quantitative estimate of drug-likeness (QED) is 0.134. The molecule has 0 saturated heterocycles. The summed E-state index contributed by atoms with van der Waals surface area (Å²) in [5.74, 6) is 0. The topological polar surface area (TPSA) is 11.4 Å². The van der Waals surface area contributed by atoms with Crippen LogP contribution in [0.15, 0.2) is 261 Å². The van der Waals surface area contributed by atoms with Crippen molar-refractivity contribution in [1.82, 2.24) is 4.57 Å². The minimum absolute atomic E-state index is 1.08. The van der Waals surface area contributed by atoms with E-state index in [4.69, 9.17) is 0 Å². The first kappa shape index (κ1) is 38.0. The summed E-state index contributed by atoms with van der Waals surface area (Å²) in [6.07, 6.45) is 0. The van der Waals surface area contributed by atoms with E-state index in [1.165, 1.54) is 54.6 Å². The van der Waals surface area contributed by atoms with Crippen LogP contribution in [0.5, 0.6) is 0 Å². The Morgan fingerprint density at radius 3 is 1.06 bits per heavy atom. The van der Waals surface area contributed by atoms with E-state index in [1.807, 2.05) is 0 Å². The largest absolute Gasteiger partial charge is 0.310 e. The van der Waals surface area contributed by atoms with Gasteiger partial charge in [-0.15, -0.1) is 0 Å². The summed E-state index contributed by atoms with van der Waals surface area (Å²) in [5, 5.41) is 7.27. The average molecular weight is 830 g/mol. The maximum atomic E-state index is 2.48. The van der Waals surface area contributed by atoms with E-state index in [9.17, 15) is 0 Å². The van der Waals surface area contributed by atoms with E-state index in [0.29, 0.717) is 0 Å². The van der Waals surface area contributed by atoms with Crippen molar-refractivity contribution in [3.8, 4) is 27.9 Å². The van der Waals surface area contributed by atoms with E-state index in [-0.39, 0.29) is 0 Å². The van der Waals surface area contributed by atoms with E-state index in [1.54, 1.807) is 0 Å². The SMILES string of the molecule is c1ccc(-c2ccc(N(c3ccccc3)c3ccc4c(c3)c3cc(N(c5ccccc5)c5ccc(-c6ccccc6)cc5)ccc3n4-c3cc4ccccc4c4ccccc34)cc2)cc1. The molecule has 0 fully saturated rings. The smallest absolute Gasteiger partial charge is 0.0546 e. The Labute approximate surface area is 378 Å². The third kappa shape index (κ3) is 6.87. The lowest BCUT2D eigenvalue weighted by Crippen LogP contribution is -2.10. The molecule has 0 aliphatic rings. The molecular weight excluding hydrogens is 787 g/mol. The highest BCUT2D eigenvalue weighted by molar-refractivity contribution is 6.16. The summed E-state index contributed by atoms with van der Waals surface area (Å²) in [6, 6.07) is 94.4. The van der Waals surface area contributed by atoms with E-state index in [2.05, 4.69) is 275 Å². The van der Waals surface area contributed by atoms with Crippen molar-refractivity contribution in [3.63, 3.8) is 0 Å². The summed E-state index contributed by atoms with van der Waals surface area (Å²) in [6.45, 7) is 0. The number of nitrogens with zero attached hydrogens (tertiary/aromatic N) is 3. The fraction of sp³-hybridized carbons (Fsp3) is 0. The first-order valence-electron chi connectivity index (χ1n) is 22.3. The number of hydrogen-bond acceptors (Lipinski definition) is 2. The molecule has 3 nitrogen and oxygen atoms in total. The van der Waals surface area contributed by atoms with Gasteiger partial charge in [0.05, 0.1) is 16.7 Å². The molecule has 0 saturated carbocycles. The number of benzene rings is 11. The van der Waals surface area contributed by atoms with Crippen molar-refractivity contribution < 1.29 is 0 Å². The lowest BCUT2D eigenvalue weighted by Gasteiger charge is -2.26. The third-order valence-corrected chi connectivity index (χ3v) is 12.7. The van der Waals surface area contributed by atoms with Crippen molar-refractivity contribution in [2.24, 2.45) is 0 Å². The molecule has 12 rings (SSSR count). The number of anilines is 6. The van der Waals surface area contributed by atoms with Crippen molar-refractivity contribution in [2.45, 2.75) is 0 Å². The zero-order valence-electron chi connectivity index (χ0n) is 35.7. The number of rotatable bonds is 9. The average Bonchev–Trinajstić information content (AvgIpc) is 3.70. The van der Waals surface area contributed by atoms with Gasteiger partial charge in [-0.3, -0.25) is 0 Å². The second kappa shape index (κ2) is 16.2. The first-order chi connectivity index (χ1) is 32.2. The molecular formula is C62H43N3. The van der Waals surface area contributed by atoms with E-state index in [0.717, 1.165) is 50.8 Å². The zero-order chi connectivity index (χ0) is 43.1. The van der Waals surface area contributed by atoms with Gasteiger partial charge in [-0.1, -0.05) is 170 Å². The molecule has 0 radical (unpaired) electrons. The van der Waals surface area contributed by atoms with Gasteiger partial charge >= 0.3 is 0 Å². The van der Waals surface area contributed by atoms with Gasteiger partial charge in [0.2, 0.25) is 0 Å². The molecule has 65 heavy (non-hydrogen) atoms. The number of para-hydroxylation sites is 2. The molecule has 0 spiro atoms. The molecule has 0 bridgehead atoms. The zero-order valence-corrected chi connectivity index (χ0v) is 35.7. The second-order valence-electron chi connectivity index (χ2n) is 16.6. The lowest BCUT2D eigenvalue weighted by atomic mass is 10.00. The Balaban J connectivity index is 1.09. The molecule has 0 atom stereocenters. The fourth-order valence-electron chi connectivity index (χ4n) is 9.67. The Morgan fingerprint density at radius 1 is 0.231 bits per heavy atom. The fourth-order valence-corrected chi connectivity index (χ4v) is 9.67. The van der Waals surface area contributed by atoms with Crippen LogP contribution in [-0.4, -0.2) is 4.57 Å². The Bertz CT molecular complexity index is 3440. The highest BCUT2D eigenvalue weighted by Crippen LogP contribution is 2.44. The molecule has 12 aromatic rings. The summed E-state index contributed by atoms with van der Waals surface area (Å²) in [4.78, 5) is 4.74. The van der Waals surface area contributed by atoms with Crippen LogP contribution >= 0.6 is 0 Å². The van der Waals surface area contributed by atoms with Crippen LogP contribution in [0.1, 0.15) is 0 Å². The molecule has 11 aromatic carbocycles. The molecule has 0 unspecified atom stereocenters. The van der Waals surface area contributed by atoms with Gasteiger partial charge in [-0.2, -0.15) is 0 Å². The predicted molar refractivity (Wildman–Crippen MR) is 276 cm³/mol. The van der Waals surface area contributed by atoms with E-state index < -0.39 is 0 Å². The highest BCUT2D eigenvalue weighted by atomic mass is 15.1. The van der Waals surface area contributed by atoms with Crippen LogP contribution in [-0.2, 0) is 0 Å². The molecule has 0 aliphatic heterocycles. The summed E-state index contributed by atoms with van der Waals surface area (Å²) >= 11 is 0.